The maximum atomic E-state index is 14.9. The SMILES string of the molecule is CNC(=O)c1c(-c2ccc(F)cc2)oc2cc(N(C)S(C)(=O)=O)c(-c3cc4c(cn3)ncn3c5cc(C)cc(F)c5cc43)cc12. The molecule has 0 aliphatic carbocycles. The number of hydrogen-bond donors (Lipinski definition) is 1. The highest BCUT2D eigenvalue weighted by Crippen LogP contribution is 2.41. The standard InChI is InChI=1S/C33H25F2N5O4S/c1-17-9-24(35)20-13-29-22-12-25(37-15-26(22)38-16-40(29)28(20)10-17)21-11-23-30(14-27(21)39(3)45(4,42)43)44-32(31(23)33(41)36-2)18-5-7-19(34)8-6-18/h5-16H,1-4H3,(H,36,41). The Morgan fingerprint density at radius 3 is 2.40 bits per heavy atom. The molecule has 3 aromatic carbocycles. The molecule has 226 valence electrons. The summed E-state index contributed by atoms with van der Waals surface area (Å²) in [7, 11) is -0.860. The molecule has 0 saturated carbocycles. The van der Waals surface area contributed by atoms with E-state index in [9.17, 15) is 22.0 Å². The van der Waals surface area contributed by atoms with Gasteiger partial charge in [0.05, 0.1) is 45.9 Å². The van der Waals surface area contributed by atoms with Crippen molar-refractivity contribution in [1.82, 2.24) is 19.7 Å². The molecule has 0 unspecified atom stereocenters. The number of amides is 1. The molecular weight excluding hydrogens is 600 g/mol. The molecule has 9 nitrogen and oxygen atoms in total. The second-order valence-electron chi connectivity index (χ2n) is 10.9. The zero-order chi connectivity index (χ0) is 31.8. The van der Waals surface area contributed by atoms with Gasteiger partial charge >= 0.3 is 0 Å². The second kappa shape index (κ2) is 10.1. The van der Waals surface area contributed by atoms with Crippen LogP contribution >= 0.6 is 0 Å². The Labute approximate surface area is 255 Å². The number of carbonyl (C=O) groups excluding carboxylic acids is 1. The van der Waals surface area contributed by atoms with Crippen molar-refractivity contribution in [2.45, 2.75) is 6.92 Å². The number of sulfonamides is 1. The first-order chi connectivity index (χ1) is 21.4. The van der Waals surface area contributed by atoms with Gasteiger partial charge in [0.25, 0.3) is 5.91 Å². The number of furan rings is 1. The van der Waals surface area contributed by atoms with Gasteiger partial charge < -0.3 is 9.73 Å². The van der Waals surface area contributed by atoms with Crippen LogP contribution in [0.4, 0.5) is 14.5 Å². The van der Waals surface area contributed by atoms with Crippen molar-refractivity contribution >= 4 is 59.9 Å². The highest BCUT2D eigenvalue weighted by Gasteiger charge is 2.26. The minimum atomic E-state index is -3.75. The molecule has 4 heterocycles. The number of anilines is 1. The zero-order valence-electron chi connectivity index (χ0n) is 24.5. The maximum absolute atomic E-state index is 14.9. The van der Waals surface area contributed by atoms with Crippen LogP contribution in [0.2, 0.25) is 0 Å². The van der Waals surface area contributed by atoms with Gasteiger partial charge in [0.1, 0.15) is 29.3 Å². The van der Waals surface area contributed by atoms with E-state index >= 15 is 0 Å². The zero-order valence-corrected chi connectivity index (χ0v) is 25.3. The molecule has 0 spiro atoms. The predicted octanol–water partition coefficient (Wildman–Crippen LogP) is 6.46. The largest absolute Gasteiger partial charge is 0.455 e. The van der Waals surface area contributed by atoms with Gasteiger partial charge in [-0.3, -0.25) is 18.5 Å². The normalized spacial score (nSPS) is 12.0. The third-order valence-corrected chi connectivity index (χ3v) is 9.19. The minimum Gasteiger partial charge on any atom is -0.455 e. The van der Waals surface area contributed by atoms with E-state index in [2.05, 4.69) is 15.3 Å². The quantitative estimate of drug-likeness (QED) is 0.235. The molecule has 0 bridgehead atoms. The van der Waals surface area contributed by atoms with E-state index in [1.807, 2.05) is 13.0 Å². The van der Waals surface area contributed by atoms with Gasteiger partial charge in [0, 0.05) is 47.4 Å². The molecule has 0 radical (unpaired) electrons. The Hall–Kier alpha value is -5.36. The van der Waals surface area contributed by atoms with E-state index in [0.717, 1.165) is 16.1 Å². The predicted molar refractivity (Wildman–Crippen MR) is 170 cm³/mol. The van der Waals surface area contributed by atoms with Gasteiger partial charge in [0.2, 0.25) is 10.0 Å². The lowest BCUT2D eigenvalue weighted by Crippen LogP contribution is -2.25. The van der Waals surface area contributed by atoms with Crippen LogP contribution in [-0.4, -0.2) is 49.0 Å². The first kappa shape index (κ1) is 28.4. The lowest BCUT2D eigenvalue weighted by molar-refractivity contribution is 0.0964. The fourth-order valence-electron chi connectivity index (χ4n) is 5.70. The Morgan fingerprint density at radius 1 is 0.956 bits per heavy atom. The van der Waals surface area contributed by atoms with Gasteiger partial charge in [-0.2, -0.15) is 0 Å². The van der Waals surface area contributed by atoms with Gasteiger partial charge in [0.15, 0.2) is 0 Å². The highest BCUT2D eigenvalue weighted by molar-refractivity contribution is 7.92. The van der Waals surface area contributed by atoms with Gasteiger partial charge in [-0.15, -0.1) is 0 Å². The summed E-state index contributed by atoms with van der Waals surface area (Å²) in [5, 5.41) is 4.13. The van der Waals surface area contributed by atoms with Crippen LogP contribution in [-0.2, 0) is 10.0 Å². The van der Waals surface area contributed by atoms with E-state index in [-0.39, 0.29) is 28.4 Å². The van der Waals surface area contributed by atoms with Gasteiger partial charge in [-0.1, -0.05) is 0 Å². The lowest BCUT2D eigenvalue weighted by atomic mass is 10.00. The molecule has 0 aliphatic heterocycles. The lowest BCUT2D eigenvalue weighted by Gasteiger charge is -2.20. The molecule has 7 aromatic rings. The van der Waals surface area contributed by atoms with Crippen molar-refractivity contribution in [2.24, 2.45) is 0 Å². The summed E-state index contributed by atoms with van der Waals surface area (Å²) in [6.07, 6.45) is 4.26. The molecular formula is C33H25F2N5O4S. The van der Waals surface area contributed by atoms with E-state index < -0.39 is 21.7 Å². The number of hydrogen-bond acceptors (Lipinski definition) is 6. The van der Waals surface area contributed by atoms with E-state index in [1.54, 1.807) is 41.2 Å². The Kier molecular flexibility index (Phi) is 6.37. The fraction of sp³-hybridized carbons (Fsp3) is 0.121. The Morgan fingerprint density at radius 2 is 1.69 bits per heavy atom. The van der Waals surface area contributed by atoms with Crippen LogP contribution in [0.25, 0.3) is 60.9 Å². The van der Waals surface area contributed by atoms with Crippen LogP contribution < -0.4 is 9.62 Å². The molecule has 4 aromatic heterocycles. The number of rotatable bonds is 5. The first-order valence-electron chi connectivity index (χ1n) is 13.8. The molecule has 1 N–H and O–H groups in total. The summed E-state index contributed by atoms with van der Waals surface area (Å²) in [5.41, 5.74) is 4.62. The Bertz CT molecular complexity index is 2470. The summed E-state index contributed by atoms with van der Waals surface area (Å²) < 4.78 is 63.3. The number of nitrogens with zero attached hydrogens (tertiary/aromatic N) is 4. The molecule has 7 rings (SSSR count). The second-order valence-corrected chi connectivity index (χ2v) is 12.9. The van der Waals surface area contributed by atoms with Crippen molar-refractivity contribution in [2.75, 3.05) is 24.7 Å². The number of carbonyl (C=O) groups is 1. The summed E-state index contributed by atoms with van der Waals surface area (Å²) in [6, 6.07) is 15.6. The molecule has 0 fully saturated rings. The van der Waals surface area contributed by atoms with E-state index in [4.69, 9.17) is 4.42 Å². The summed E-state index contributed by atoms with van der Waals surface area (Å²) >= 11 is 0. The van der Waals surface area contributed by atoms with Crippen molar-refractivity contribution in [3.05, 3.63) is 95.9 Å². The monoisotopic (exact) mass is 625 g/mol. The van der Waals surface area contributed by atoms with Crippen molar-refractivity contribution in [1.29, 1.82) is 0 Å². The average Bonchev–Trinajstić information content (AvgIpc) is 3.58. The summed E-state index contributed by atoms with van der Waals surface area (Å²) in [5.74, 6) is -1.05. The number of fused-ring (bicyclic) bond motifs is 6. The summed E-state index contributed by atoms with van der Waals surface area (Å²) in [6.45, 7) is 1.82. The van der Waals surface area contributed by atoms with Gasteiger partial charge in [-0.05, 0) is 67.1 Å². The van der Waals surface area contributed by atoms with Gasteiger partial charge in [-0.25, -0.2) is 22.2 Å². The maximum Gasteiger partial charge on any atom is 0.255 e. The topological polar surface area (TPSA) is 110 Å². The average molecular weight is 626 g/mol. The van der Waals surface area contributed by atoms with Crippen LogP contribution in [0, 0.1) is 18.6 Å². The van der Waals surface area contributed by atoms with Crippen LogP contribution in [0.5, 0.6) is 0 Å². The molecule has 12 heteroatoms. The summed E-state index contributed by atoms with van der Waals surface area (Å²) in [4.78, 5) is 22.4. The number of halogens is 2. The highest BCUT2D eigenvalue weighted by atomic mass is 32.2. The van der Waals surface area contributed by atoms with Crippen molar-refractivity contribution < 1.29 is 26.4 Å². The molecule has 0 aliphatic rings. The number of pyridine rings is 1. The van der Waals surface area contributed by atoms with E-state index in [1.165, 1.54) is 44.4 Å². The van der Waals surface area contributed by atoms with Crippen LogP contribution in [0.3, 0.4) is 0 Å². The molecule has 45 heavy (non-hydrogen) atoms. The number of benzene rings is 3. The van der Waals surface area contributed by atoms with Crippen LogP contribution in [0.15, 0.2) is 77.6 Å². The third-order valence-electron chi connectivity index (χ3n) is 8.00. The Balaban J connectivity index is 1.54. The van der Waals surface area contributed by atoms with Crippen molar-refractivity contribution in [3.63, 3.8) is 0 Å². The fourth-order valence-corrected chi connectivity index (χ4v) is 6.21. The molecule has 0 saturated heterocycles. The molecule has 1 amide bonds. The first-order valence-corrected chi connectivity index (χ1v) is 15.7. The van der Waals surface area contributed by atoms with Crippen LogP contribution in [0.1, 0.15) is 15.9 Å². The number of aromatic nitrogens is 3. The third kappa shape index (κ3) is 4.56. The number of nitrogens with one attached hydrogen (secondary N) is 1. The number of aryl methyl sites for hydroxylation is 1. The molecule has 0 atom stereocenters. The van der Waals surface area contributed by atoms with Crippen molar-refractivity contribution in [3.8, 4) is 22.6 Å². The van der Waals surface area contributed by atoms with E-state index in [0.29, 0.717) is 49.5 Å². The minimum absolute atomic E-state index is 0.197. The smallest absolute Gasteiger partial charge is 0.255 e.